The topological polar surface area (TPSA) is 69.7 Å². The van der Waals surface area contributed by atoms with Gasteiger partial charge in [0.15, 0.2) is 0 Å². The Kier molecular flexibility index (Phi) is 2.79. The Morgan fingerprint density at radius 3 is 2.40 bits per heavy atom. The molecule has 1 aromatic carbocycles. The maximum Gasteiger partial charge on any atom is 0.305 e. The van der Waals surface area contributed by atoms with Gasteiger partial charge in [-0.1, -0.05) is 30.3 Å². The first-order valence-electron chi connectivity index (χ1n) is 6.25. The molecule has 0 N–H and O–H groups in total. The van der Waals surface area contributed by atoms with E-state index in [1.165, 1.54) is 13.0 Å². The fourth-order valence-corrected chi connectivity index (χ4v) is 2.57. The number of carbonyl (C=O) groups excluding carboxylic acids is 3. The second-order valence-electron chi connectivity index (χ2n) is 4.76. The number of carbonyl (C=O) groups is 3. The van der Waals surface area contributed by atoms with Crippen LogP contribution in [0.4, 0.5) is 0 Å². The van der Waals surface area contributed by atoms with Crippen molar-refractivity contribution >= 4 is 17.5 Å². The molecule has 1 spiro atoms. The van der Waals surface area contributed by atoms with Crippen LogP contribution in [0.3, 0.4) is 0 Å². The van der Waals surface area contributed by atoms with Gasteiger partial charge in [0, 0.05) is 24.5 Å². The summed E-state index contributed by atoms with van der Waals surface area (Å²) in [6.07, 6.45) is 2.30. The molecule has 0 saturated heterocycles. The third-order valence-corrected chi connectivity index (χ3v) is 3.45. The summed E-state index contributed by atoms with van der Waals surface area (Å²) in [4.78, 5) is 36.0. The normalized spacial score (nSPS) is 22.9. The third-order valence-electron chi connectivity index (χ3n) is 3.45. The van der Waals surface area contributed by atoms with Crippen LogP contribution in [0.1, 0.15) is 34.1 Å². The molecule has 1 atom stereocenters. The Morgan fingerprint density at radius 2 is 1.85 bits per heavy atom. The molecule has 0 bridgehead atoms. The van der Waals surface area contributed by atoms with Crippen LogP contribution in [-0.2, 0) is 14.3 Å². The van der Waals surface area contributed by atoms with Crippen molar-refractivity contribution < 1.29 is 23.9 Å². The summed E-state index contributed by atoms with van der Waals surface area (Å²) in [5.74, 6) is -1.29. The molecule has 0 amide bonds. The van der Waals surface area contributed by atoms with Gasteiger partial charge in [0.1, 0.15) is 0 Å². The molecule has 0 fully saturated rings. The number of esters is 1. The van der Waals surface area contributed by atoms with Crippen LogP contribution in [0, 0.1) is 0 Å². The van der Waals surface area contributed by atoms with Gasteiger partial charge in [0.2, 0.25) is 23.5 Å². The largest absolute Gasteiger partial charge is 0.432 e. The van der Waals surface area contributed by atoms with E-state index in [4.69, 9.17) is 9.47 Å². The van der Waals surface area contributed by atoms with Crippen molar-refractivity contribution in [3.8, 4) is 0 Å². The van der Waals surface area contributed by atoms with Crippen molar-refractivity contribution in [3.63, 3.8) is 0 Å². The SMILES string of the molecule is CC(=O)O[C@@H]1C=CCC2(O1)C(=O)c1ccccc1C2=O. The number of rotatable bonds is 1. The van der Waals surface area contributed by atoms with E-state index in [0.29, 0.717) is 11.1 Å². The smallest absolute Gasteiger partial charge is 0.305 e. The lowest BCUT2D eigenvalue weighted by Gasteiger charge is -2.31. The van der Waals surface area contributed by atoms with Gasteiger partial charge >= 0.3 is 5.97 Å². The lowest BCUT2D eigenvalue weighted by atomic mass is 9.91. The van der Waals surface area contributed by atoms with Gasteiger partial charge in [-0.15, -0.1) is 0 Å². The number of Topliss-reactive ketones (excluding diaryl/α,β-unsaturated/α-hetero) is 2. The molecular formula is C15H12O5. The van der Waals surface area contributed by atoms with E-state index in [-0.39, 0.29) is 18.0 Å². The van der Waals surface area contributed by atoms with E-state index >= 15 is 0 Å². The number of ether oxygens (including phenoxy) is 2. The summed E-state index contributed by atoms with van der Waals surface area (Å²) in [7, 11) is 0. The molecule has 2 aliphatic rings. The molecule has 1 aliphatic carbocycles. The third kappa shape index (κ3) is 1.71. The highest BCUT2D eigenvalue weighted by Gasteiger charge is 2.55. The summed E-state index contributed by atoms with van der Waals surface area (Å²) in [5, 5.41) is 0. The van der Waals surface area contributed by atoms with Gasteiger partial charge < -0.3 is 9.47 Å². The lowest BCUT2D eigenvalue weighted by molar-refractivity contribution is -0.181. The van der Waals surface area contributed by atoms with Crippen LogP contribution >= 0.6 is 0 Å². The Labute approximate surface area is 115 Å². The minimum Gasteiger partial charge on any atom is -0.432 e. The van der Waals surface area contributed by atoms with Crippen molar-refractivity contribution in [2.75, 3.05) is 0 Å². The molecule has 0 radical (unpaired) electrons. The summed E-state index contributed by atoms with van der Waals surface area (Å²) in [5.41, 5.74) is -0.873. The van der Waals surface area contributed by atoms with Gasteiger partial charge in [-0.05, 0) is 6.08 Å². The van der Waals surface area contributed by atoms with Crippen LogP contribution < -0.4 is 0 Å². The molecular weight excluding hydrogens is 260 g/mol. The highest BCUT2D eigenvalue weighted by atomic mass is 16.7. The average molecular weight is 272 g/mol. The first-order chi connectivity index (χ1) is 9.54. The zero-order chi connectivity index (χ0) is 14.3. The van der Waals surface area contributed by atoms with Crippen LogP contribution in [0.2, 0.25) is 0 Å². The van der Waals surface area contributed by atoms with E-state index in [9.17, 15) is 14.4 Å². The van der Waals surface area contributed by atoms with Crippen molar-refractivity contribution in [1.82, 2.24) is 0 Å². The first-order valence-corrected chi connectivity index (χ1v) is 6.25. The monoisotopic (exact) mass is 272 g/mol. The second kappa shape index (κ2) is 4.38. The predicted octanol–water partition coefficient (Wildman–Crippen LogP) is 1.67. The summed E-state index contributed by atoms with van der Waals surface area (Å²) in [6.45, 7) is 1.24. The Hall–Kier alpha value is -2.27. The fraction of sp³-hybridized carbons (Fsp3) is 0.267. The minimum atomic E-state index is -1.58. The van der Waals surface area contributed by atoms with E-state index in [0.717, 1.165) is 0 Å². The lowest BCUT2D eigenvalue weighted by Crippen LogP contribution is -2.48. The summed E-state index contributed by atoms with van der Waals surface area (Å²) < 4.78 is 10.4. The van der Waals surface area contributed by atoms with Crippen molar-refractivity contribution in [1.29, 1.82) is 0 Å². The van der Waals surface area contributed by atoms with Gasteiger partial charge in [0.05, 0.1) is 0 Å². The molecule has 1 aromatic rings. The zero-order valence-electron chi connectivity index (χ0n) is 10.8. The maximum absolute atomic E-state index is 12.5. The van der Waals surface area contributed by atoms with Crippen LogP contribution in [-0.4, -0.2) is 29.4 Å². The van der Waals surface area contributed by atoms with Crippen molar-refractivity contribution in [3.05, 3.63) is 47.5 Å². The van der Waals surface area contributed by atoms with E-state index < -0.39 is 17.9 Å². The second-order valence-corrected chi connectivity index (χ2v) is 4.76. The Bertz CT molecular complexity index is 608. The molecule has 3 rings (SSSR count). The van der Waals surface area contributed by atoms with Crippen LogP contribution in [0.15, 0.2) is 36.4 Å². The van der Waals surface area contributed by atoms with Crippen molar-refractivity contribution in [2.24, 2.45) is 0 Å². The zero-order valence-corrected chi connectivity index (χ0v) is 10.8. The van der Waals surface area contributed by atoms with E-state index in [2.05, 4.69) is 0 Å². The molecule has 5 heteroatoms. The quantitative estimate of drug-likeness (QED) is 0.442. The fourth-order valence-electron chi connectivity index (χ4n) is 2.57. The number of hydrogen-bond acceptors (Lipinski definition) is 5. The molecule has 0 saturated carbocycles. The standard InChI is InChI=1S/C15H12O5/c1-9(16)19-12-7-4-8-15(20-12)13(17)10-5-2-3-6-11(10)14(15)18/h2-7,12H,8H2,1H3/t12-/m0/s1. The van der Waals surface area contributed by atoms with Crippen LogP contribution in [0.5, 0.6) is 0 Å². The maximum atomic E-state index is 12.5. The number of ketones is 2. The Morgan fingerprint density at radius 1 is 1.25 bits per heavy atom. The van der Waals surface area contributed by atoms with Crippen molar-refractivity contribution in [2.45, 2.75) is 25.2 Å². The highest BCUT2D eigenvalue weighted by molar-refractivity contribution is 6.32. The minimum absolute atomic E-state index is 0.150. The number of hydrogen-bond donors (Lipinski definition) is 0. The predicted molar refractivity (Wildman–Crippen MR) is 68.2 cm³/mol. The molecule has 0 aromatic heterocycles. The first kappa shape index (κ1) is 12.7. The molecule has 1 heterocycles. The van der Waals surface area contributed by atoms with Gasteiger partial charge in [-0.2, -0.15) is 0 Å². The molecule has 20 heavy (non-hydrogen) atoms. The molecule has 102 valence electrons. The molecule has 1 aliphatic heterocycles. The number of benzene rings is 1. The van der Waals surface area contributed by atoms with Crippen LogP contribution in [0.25, 0.3) is 0 Å². The van der Waals surface area contributed by atoms with E-state index in [1.54, 1.807) is 30.3 Å². The molecule has 5 nitrogen and oxygen atoms in total. The summed E-state index contributed by atoms with van der Waals surface area (Å²) >= 11 is 0. The highest BCUT2D eigenvalue weighted by Crippen LogP contribution is 2.38. The average Bonchev–Trinajstić information content (AvgIpc) is 2.62. The van der Waals surface area contributed by atoms with Gasteiger partial charge in [0.25, 0.3) is 0 Å². The van der Waals surface area contributed by atoms with E-state index in [1.807, 2.05) is 0 Å². The van der Waals surface area contributed by atoms with Gasteiger partial charge in [-0.25, -0.2) is 0 Å². The summed E-state index contributed by atoms with van der Waals surface area (Å²) in [6, 6.07) is 6.61. The number of fused-ring (bicyclic) bond motifs is 1. The van der Waals surface area contributed by atoms with Gasteiger partial charge in [-0.3, -0.25) is 14.4 Å². The molecule has 0 unspecified atom stereocenters. The Balaban J connectivity index is 1.99.